The first-order valence-corrected chi connectivity index (χ1v) is 7.26. The lowest BCUT2D eigenvalue weighted by molar-refractivity contribution is 0.0943. The van der Waals surface area contributed by atoms with Crippen LogP contribution in [0.3, 0.4) is 0 Å². The Kier molecular flexibility index (Phi) is 3.45. The molecule has 1 amide bonds. The van der Waals surface area contributed by atoms with Crippen LogP contribution >= 0.6 is 0 Å². The number of fused-ring (bicyclic) bond motifs is 1. The molecule has 1 aliphatic heterocycles. The van der Waals surface area contributed by atoms with Crippen molar-refractivity contribution in [3.8, 4) is 17.3 Å². The Morgan fingerprint density at radius 2 is 2.29 bits per heavy atom. The molecule has 3 aromatic rings. The molecule has 1 aromatic carbocycles. The van der Waals surface area contributed by atoms with Gasteiger partial charge in [-0.2, -0.15) is 10.1 Å². The predicted molar refractivity (Wildman–Crippen MR) is 78.6 cm³/mol. The maximum atomic E-state index is 13.2. The lowest BCUT2D eigenvalue weighted by Crippen LogP contribution is -2.24. The molecule has 4 rings (SSSR count). The van der Waals surface area contributed by atoms with Gasteiger partial charge >= 0.3 is 0 Å². The molecule has 9 heteroatoms. The van der Waals surface area contributed by atoms with Crippen LogP contribution in [0, 0.1) is 5.82 Å². The van der Waals surface area contributed by atoms with Crippen molar-refractivity contribution in [3.63, 3.8) is 0 Å². The highest BCUT2D eigenvalue weighted by molar-refractivity contribution is 5.92. The van der Waals surface area contributed by atoms with Gasteiger partial charge in [0.05, 0.1) is 13.1 Å². The Balaban J connectivity index is 1.41. The maximum Gasteiger partial charge on any atom is 0.272 e. The normalized spacial score (nSPS) is 12.7. The van der Waals surface area contributed by atoms with Gasteiger partial charge in [-0.15, -0.1) is 0 Å². The topological polar surface area (TPSA) is 95.1 Å². The third-order valence-electron chi connectivity index (χ3n) is 3.48. The van der Waals surface area contributed by atoms with E-state index in [4.69, 9.17) is 9.26 Å². The molecule has 3 heterocycles. The number of amides is 1. The molecule has 0 saturated heterocycles. The van der Waals surface area contributed by atoms with E-state index in [0.717, 1.165) is 0 Å². The fourth-order valence-electron chi connectivity index (χ4n) is 2.34. The molecule has 1 aliphatic rings. The van der Waals surface area contributed by atoms with Gasteiger partial charge in [-0.1, -0.05) is 11.2 Å². The molecule has 0 atom stereocenters. The largest absolute Gasteiger partial charge is 0.476 e. The number of ether oxygens (including phenoxy) is 1. The Labute approximate surface area is 135 Å². The first kappa shape index (κ1) is 14.4. The Hall–Kier alpha value is -3.23. The van der Waals surface area contributed by atoms with Crippen molar-refractivity contribution in [1.82, 2.24) is 25.2 Å². The summed E-state index contributed by atoms with van der Waals surface area (Å²) in [5.41, 5.74) is 0.737. The van der Waals surface area contributed by atoms with E-state index in [9.17, 15) is 9.18 Å². The van der Waals surface area contributed by atoms with E-state index in [2.05, 4.69) is 20.6 Å². The molecule has 0 saturated carbocycles. The van der Waals surface area contributed by atoms with Crippen LogP contribution in [0.4, 0.5) is 4.39 Å². The van der Waals surface area contributed by atoms with Gasteiger partial charge < -0.3 is 14.6 Å². The molecule has 8 nitrogen and oxygen atoms in total. The fourth-order valence-corrected chi connectivity index (χ4v) is 2.34. The molecular weight excluding hydrogens is 317 g/mol. The third kappa shape index (κ3) is 2.71. The van der Waals surface area contributed by atoms with Gasteiger partial charge in [0.2, 0.25) is 5.88 Å². The number of carbonyl (C=O) groups excluding carboxylic acids is 1. The van der Waals surface area contributed by atoms with E-state index in [1.165, 1.54) is 12.1 Å². The molecule has 0 bridgehead atoms. The van der Waals surface area contributed by atoms with Crippen LogP contribution in [0.1, 0.15) is 16.3 Å². The quantitative estimate of drug-likeness (QED) is 0.777. The summed E-state index contributed by atoms with van der Waals surface area (Å²) in [7, 11) is 0. The minimum Gasteiger partial charge on any atom is -0.476 e. The van der Waals surface area contributed by atoms with Crippen LogP contribution in [-0.2, 0) is 13.1 Å². The first-order valence-electron chi connectivity index (χ1n) is 7.26. The van der Waals surface area contributed by atoms with Gasteiger partial charge in [-0.05, 0) is 18.2 Å². The summed E-state index contributed by atoms with van der Waals surface area (Å²) >= 11 is 0. The standard InChI is InChI=1S/C15H12FN5O3/c16-10-3-1-2-9(6-10)15-18-12(20-24-15)8-17-14(22)11-7-13-21(19-11)4-5-23-13/h1-3,6-7H,4-5,8H2,(H,17,22). The molecule has 0 aliphatic carbocycles. The van der Waals surface area contributed by atoms with E-state index >= 15 is 0 Å². The monoisotopic (exact) mass is 329 g/mol. The fraction of sp³-hybridized carbons (Fsp3) is 0.200. The van der Waals surface area contributed by atoms with Crippen molar-refractivity contribution >= 4 is 5.91 Å². The number of carbonyl (C=O) groups is 1. The zero-order chi connectivity index (χ0) is 16.5. The molecule has 0 unspecified atom stereocenters. The number of halogens is 1. The van der Waals surface area contributed by atoms with E-state index in [1.807, 2.05) is 0 Å². The number of rotatable bonds is 4. The summed E-state index contributed by atoms with van der Waals surface area (Å²) in [6.07, 6.45) is 0. The SMILES string of the molecule is O=C(NCc1noc(-c2cccc(F)c2)n1)c1cc2n(n1)CCO2. The van der Waals surface area contributed by atoms with E-state index in [-0.39, 0.29) is 29.9 Å². The second-order valence-corrected chi connectivity index (χ2v) is 5.15. The Morgan fingerprint density at radius 1 is 1.38 bits per heavy atom. The molecule has 2 aromatic heterocycles. The number of nitrogens with one attached hydrogen (secondary N) is 1. The van der Waals surface area contributed by atoms with E-state index in [1.54, 1.807) is 22.9 Å². The number of nitrogens with zero attached hydrogens (tertiary/aromatic N) is 4. The lowest BCUT2D eigenvalue weighted by atomic mass is 10.2. The maximum absolute atomic E-state index is 13.2. The Bertz CT molecular complexity index is 883. The molecule has 0 radical (unpaired) electrons. The van der Waals surface area contributed by atoms with Crippen molar-refractivity contribution in [2.24, 2.45) is 0 Å². The third-order valence-corrected chi connectivity index (χ3v) is 3.48. The second-order valence-electron chi connectivity index (χ2n) is 5.15. The van der Waals surface area contributed by atoms with E-state index < -0.39 is 5.82 Å². The summed E-state index contributed by atoms with van der Waals surface area (Å²) in [5.74, 6) is 0.292. The molecular formula is C15H12FN5O3. The van der Waals surface area contributed by atoms with Crippen LogP contribution in [0.25, 0.3) is 11.5 Å². The van der Waals surface area contributed by atoms with Crippen LogP contribution in [0.5, 0.6) is 5.88 Å². The zero-order valence-corrected chi connectivity index (χ0v) is 12.4. The predicted octanol–water partition coefficient (Wildman–Crippen LogP) is 1.39. The molecule has 122 valence electrons. The summed E-state index contributed by atoms with van der Waals surface area (Å²) in [6.45, 7) is 1.26. The van der Waals surface area contributed by atoms with Crippen molar-refractivity contribution in [2.75, 3.05) is 6.61 Å². The van der Waals surface area contributed by atoms with Crippen molar-refractivity contribution in [1.29, 1.82) is 0 Å². The molecule has 24 heavy (non-hydrogen) atoms. The van der Waals surface area contributed by atoms with Crippen molar-refractivity contribution in [3.05, 3.63) is 47.7 Å². The van der Waals surface area contributed by atoms with Crippen molar-refractivity contribution in [2.45, 2.75) is 13.1 Å². The lowest BCUT2D eigenvalue weighted by Gasteiger charge is -1.98. The number of benzene rings is 1. The zero-order valence-electron chi connectivity index (χ0n) is 12.4. The average molecular weight is 329 g/mol. The van der Waals surface area contributed by atoms with Gasteiger partial charge in [-0.3, -0.25) is 4.79 Å². The smallest absolute Gasteiger partial charge is 0.272 e. The minimum atomic E-state index is -0.393. The Morgan fingerprint density at radius 3 is 3.12 bits per heavy atom. The second kappa shape index (κ2) is 5.76. The van der Waals surface area contributed by atoms with Crippen LogP contribution < -0.4 is 10.1 Å². The summed E-state index contributed by atoms with van der Waals surface area (Å²) in [6, 6.07) is 7.41. The molecule has 0 fully saturated rings. The van der Waals surface area contributed by atoms with E-state index in [0.29, 0.717) is 24.6 Å². The van der Waals surface area contributed by atoms with Gasteiger partial charge in [0.1, 0.15) is 12.4 Å². The number of hydrogen-bond acceptors (Lipinski definition) is 6. The number of hydrogen-bond donors (Lipinski definition) is 1. The summed E-state index contributed by atoms with van der Waals surface area (Å²) in [5, 5.41) is 10.6. The average Bonchev–Trinajstić information content (AvgIpc) is 3.28. The first-order chi connectivity index (χ1) is 11.7. The highest BCUT2D eigenvalue weighted by Crippen LogP contribution is 2.19. The van der Waals surface area contributed by atoms with Gasteiger partial charge in [0, 0.05) is 11.6 Å². The van der Waals surface area contributed by atoms with Crippen molar-refractivity contribution < 1.29 is 18.4 Å². The molecule has 0 spiro atoms. The van der Waals surface area contributed by atoms with Crippen LogP contribution in [0.2, 0.25) is 0 Å². The van der Waals surface area contributed by atoms with Gasteiger partial charge in [0.25, 0.3) is 11.8 Å². The van der Waals surface area contributed by atoms with Gasteiger partial charge in [-0.25, -0.2) is 9.07 Å². The number of aromatic nitrogens is 4. The highest BCUT2D eigenvalue weighted by Gasteiger charge is 2.19. The van der Waals surface area contributed by atoms with Crippen LogP contribution in [-0.4, -0.2) is 32.4 Å². The van der Waals surface area contributed by atoms with Crippen LogP contribution in [0.15, 0.2) is 34.9 Å². The summed E-state index contributed by atoms with van der Waals surface area (Å²) < 4.78 is 25.2. The minimum absolute atomic E-state index is 0.0701. The van der Waals surface area contributed by atoms with Gasteiger partial charge in [0.15, 0.2) is 11.5 Å². The molecule has 1 N–H and O–H groups in total. The highest BCUT2D eigenvalue weighted by atomic mass is 19.1. The summed E-state index contributed by atoms with van der Waals surface area (Å²) in [4.78, 5) is 16.2.